The fraction of sp³-hybridized carbons (Fsp3) is 0.0588. The van der Waals surface area contributed by atoms with Gasteiger partial charge in [0.1, 0.15) is 0 Å². The quantitative estimate of drug-likeness (QED) is 0.703. The smallest absolute Gasteiger partial charge is 0.000751 e. The Morgan fingerprint density at radius 1 is 0.882 bits per heavy atom. The second-order valence-electron chi connectivity index (χ2n) is 4.30. The van der Waals surface area contributed by atoms with E-state index in [2.05, 4.69) is 61.2 Å². The van der Waals surface area contributed by atoms with Crippen LogP contribution in [0.2, 0.25) is 0 Å². The molecule has 2 aromatic rings. The molecular weight excluding hydrogens is 204 g/mol. The van der Waals surface area contributed by atoms with Crippen LogP contribution in [-0.4, -0.2) is 0 Å². The fourth-order valence-corrected chi connectivity index (χ4v) is 2.52. The predicted molar refractivity (Wildman–Crippen MR) is 73.6 cm³/mol. The van der Waals surface area contributed by atoms with E-state index in [1.54, 1.807) is 0 Å². The standard InChI is InChI=1S/C17H14/c1-2-15-16-11-7-6-10-14(16)12-17(15)13-8-4-3-5-9-13/h2-11H,1,12H2. The van der Waals surface area contributed by atoms with Gasteiger partial charge in [0.25, 0.3) is 0 Å². The molecular formula is C17H14. The van der Waals surface area contributed by atoms with Gasteiger partial charge in [-0.3, -0.25) is 0 Å². The first-order valence-electron chi connectivity index (χ1n) is 5.89. The average molecular weight is 218 g/mol. The summed E-state index contributed by atoms with van der Waals surface area (Å²) in [4.78, 5) is 0. The Morgan fingerprint density at radius 2 is 1.59 bits per heavy atom. The molecule has 0 spiro atoms. The van der Waals surface area contributed by atoms with Crippen molar-refractivity contribution in [2.24, 2.45) is 0 Å². The minimum Gasteiger partial charge on any atom is -0.0984 e. The molecule has 0 amide bonds. The highest BCUT2D eigenvalue weighted by Crippen LogP contribution is 2.38. The maximum absolute atomic E-state index is 3.96. The van der Waals surface area contributed by atoms with E-state index in [4.69, 9.17) is 0 Å². The van der Waals surface area contributed by atoms with E-state index in [9.17, 15) is 0 Å². The second kappa shape index (κ2) is 4.06. The number of rotatable bonds is 2. The van der Waals surface area contributed by atoms with Gasteiger partial charge in [-0.1, -0.05) is 67.3 Å². The molecule has 0 saturated heterocycles. The molecule has 1 aliphatic rings. The predicted octanol–water partition coefficient (Wildman–Crippen LogP) is 4.34. The highest BCUT2D eigenvalue weighted by molar-refractivity contribution is 6.00. The Labute approximate surface area is 102 Å². The number of fused-ring (bicyclic) bond motifs is 1. The van der Waals surface area contributed by atoms with Crippen LogP contribution in [0.5, 0.6) is 0 Å². The van der Waals surface area contributed by atoms with Crippen molar-refractivity contribution in [3.63, 3.8) is 0 Å². The summed E-state index contributed by atoms with van der Waals surface area (Å²) >= 11 is 0. The second-order valence-corrected chi connectivity index (χ2v) is 4.30. The lowest BCUT2D eigenvalue weighted by Gasteiger charge is -2.04. The van der Waals surface area contributed by atoms with Gasteiger partial charge in [0.2, 0.25) is 0 Å². The highest BCUT2D eigenvalue weighted by Gasteiger charge is 2.19. The zero-order valence-corrected chi connectivity index (χ0v) is 9.69. The van der Waals surface area contributed by atoms with Crippen molar-refractivity contribution < 1.29 is 0 Å². The highest BCUT2D eigenvalue weighted by atomic mass is 14.2. The maximum Gasteiger partial charge on any atom is -0.000751 e. The van der Waals surface area contributed by atoms with E-state index in [1.807, 2.05) is 6.08 Å². The minimum atomic E-state index is 1.02. The molecule has 0 N–H and O–H groups in total. The first-order valence-corrected chi connectivity index (χ1v) is 5.89. The molecule has 0 nitrogen and oxygen atoms in total. The topological polar surface area (TPSA) is 0 Å². The molecule has 0 heteroatoms. The van der Waals surface area contributed by atoms with Crippen LogP contribution in [0.3, 0.4) is 0 Å². The van der Waals surface area contributed by atoms with E-state index in [0.717, 1.165) is 6.42 Å². The van der Waals surface area contributed by atoms with Crippen LogP contribution in [-0.2, 0) is 6.42 Å². The van der Waals surface area contributed by atoms with Gasteiger partial charge in [-0.25, -0.2) is 0 Å². The third-order valence-electron chi connectivity index (χ3n) is 3.33. The first kappa shape index (κ1) is 10.1. The lowest BCUT2D eigenvalue weighted by Crippen LogP contribution is -1.84. The Bertz CT molecular complexity index is 588. The maximum atomic E-state index is 3.96. The molecule has 0 radical (unpaired) electrons. The van der Waals surface area contributed by atoms with Gasteiger partial charge < -0.3 is 0 Å². The van der Waals surface area contributed by atoms with E-state index in [0.29, 0.717) is 0 Å². The van der Waals surface area contributed by atoms with Crippen molar-refractivity contribution in [1.82, 2.24) is 0 Å². The third kappa shape index (κ3) is 1.62. The molecule has 0 saturated carbocycles. The van der Waals surface area contributed by atoms with E-state index in [1.165, 1.54) is 27.8 Å². The molecule has 0 aromatic heterocycles. The van der Waals surface area contributed by atoms with Gasteiger partial charge in [0, 0.05) is 0 Å². The van der Waals surface area contributed by atoms with Gasteiger partial charge in [0.15, 0.2) is 0 Å². The molecule has 82 valence electrons. The Balaban J connectivity index is 2.17. The normalized spacial score (nSPS) is 13.6. The summed E-state index contributed by atoms with van der Waals surface area (Å²) in [6.07, 6.45) is 3.00. The molecule has 0 unspecified atom stereocenters. The van der Waals surface area contributed by atoms with Gasteiger partial charge in [-0.05, 0) is 34.3 Å². The Morgan fingerprint density at radius 3 is 2.35 bits per heavy atom. The number of hydrogen-bond acceptors (Lipinski definition) is 0. The minimum absolute atomic E-state index is 1.02. The molecule has 0 atom stereocenters. The van der Waals surface area contributed by atoms with E-state index >= 15 is 0 Å². The molecule has 0 bridgehead atoms. The summed E-state index contributed by atoms with van der Waals surface area (Å²) in [5.41, 5.74) is 6.72. The lowest BCUT2D eigenvalue weighted by molar-refractivity contribution is 1.32. The fourth-order valence-electron chi connectivity index (χ4n) is 2.52. The van der Waals surface area contributed by atoms with Gasteiger partial charge in [-0.2, -0.15) is 0 Å². The Hall–Kier alpha value is -2.08. The average Bonchev–Trinajstić information content (AvgIpc) is 2.78. The summed E-state index contributed by atoms with van der Waals surface area (Å²) in [7, 11) is 0. The van der Waals surface area contributed by atoms with Crippen molar-refractivity contribution in [2.45, 2.75) is 6.42 Å². The first-order chi connectivity index (χ1) is 8.40. The molecule has 0 heterocycles. The van der Waals surface area contributed by atoms with Gasteiger partial charge in [0.05, 0.1) is 0 Å². The van der Waals surface area contributed by atoms with E-state index in [-0.39, 0.29) is 0 Å². The van der Waals surface area contributed by atoms with Crippen molar-refractivity contribution in [3.05, 3.63) is 83.9 Å². The largest absolute Gasteiger partial charge is 0.0984 e. The van der Waals surface area contributed by atoms with Crippen LogP contribution in [0.15, 0.2) is 67.3 Å². The van der Waals surface area contributed by atoms with Crippen LogP contribution in [0.25, 0.3) is 11.1 Å². The third-order valence-corrected chi connectivity index (χ3v) is 3.33. The van der Waals surface area contributed by atoms with Crippen LogP contribution in [0.1, 0.15) is 16.7 Å². The summed E-state index contributed by atoms with van der Waals surface area (Å²) in [5.74, 6) is 0. The summed E-state index contributed by atoms with van der Waals surface area (Å²) < 4.78 is 0. The van der Waals surface area contributed by atoms with Crippen LogP contribution < -0.4 is 0 Å². The van der Waals surface area contributed by atoms with Crippen molar-refractivity contribution in [2.75, 3.05) is 0 Å². The summed E-state index contributed by atoms with van der Waals surface area (Å²) in [5, 5.41) is 0. The number of hydrogen-bond donors (Lipinski definition) is 0. The number of allylic oxidation sites excluding steroid dienone is 3. The van der Waals surface area contributed by atoms with Crippen LogP contribution in [0, 0.1) is 0 Å². The van der Waals surface area contributed by atoms with Crippen LogP contribution >= 0.6 is 0 Å². The zero-order chi connectivity index (χ0) is 11.7. The SMILES string of the molecule is C=CC1=C(c2ccccc2)Cc2ccccc21. The van der Waals surface area contributed by atoms with Crippen molar-refractivity contribution >= 4 is 11.1 Å². The summed E-state index contributed by atoms with van der Waals surface area (Å²) in [6.45, 7) is 3.96. The molecule has 2 aromatic carbocycles. The lowest BCUT2D eigenvalue weighted by atomic mass is 10.0. The molecule has 3 rings (SSSR count). The van der Waals surface area contributed by atoms with Crippen LogP contribution in [0.4, 0.5) is 0 Å². The van der Waals surface area contributed by atoms with Gasteiger partial charge in [-0.15, -0.1) is 0 Å². The molecule has 1 aliphatic carbocycles. The van der Waals surface area contributed by atoms with Crippen molar-refractivity contribution in [3.8, 4) is 0 Å². The Kier molecular flexibility index (Phi) is 2.41. The van der Waals surface area contributed by atoms with E-state index < -0.39 is 0 Å². The summed E-state index contributed by atoms with van der Waals surface area (Å²) in [6, 6.07) is 19.2. The molecule has 17 heavy (non-hydrogen) atoms. The monoisotopic (exact) mass is 218 g/mol. The number of benzene rings is 2. The van der Waals surface area contributed by atoms with Crippen molar-refractivity contribution in [1.29, 1.82) is 0 Å². The molecule has 0 fully saturated rings. The zero-order valence-electron chi connectivity index (χ0n) is 9.69. The van der Waals surface area contributed by atoms with Gasteiger partial charge >= 0.3 is 0 Å². The molecule has 0 aliphatic heterocycles.